The maximum Gasteiger partial charge on any atom is 0.347 e. The summed E-state index contributed by atoms with van der Waals surface area (Å²) in [5, 5.41) is 3.91. The van der Waals surface area contributed by atoms with Crippen LogP contribution in [0.1, 0.15) is 12.8 Å². The first-order chi connectivity index (χ1) is 14.1. The summed E-state index contributed by atoms with van der Waals surface area (Å²) in [5.74, 6) is 0.730. The number of alkyl halides is 1. The number of nitrogens with zero attached hydrogens (tertiary/aromatic N) is 5. The Morgan fingerprint density at radius 1 is 1.07 bits per heavy atom. The van der Waals surface area contributed by atoms with E-state index in [1.54, 1.807) is 0 Å². The summed E-state index contributed by atoms with van der Waals surface area (Å²) >= 11 is 0. The van der Waals surface area contributed by atoms with Crippen LogP contribution < -0.4 is 20.9 Å². The molecule has 2 aromatic rings. The van der Waals surface area contributed by atoms with Crippen molar-refractivity contribution >= 4 is 5.69 Å². The molecule has 0 bridgehead atoms. The minimum Gasteiger partial charge on any atom is -0.489 e. The van der Waals surface area contributed by atoms with Gasteiger partial charge in [0, 0.05) is 39.8 Å². The Balaban J connectivity index is 1.43. The number of benzene rings is 1. The molecule has 0 unspecified atom stereocenters. The molecule has 9 heteroatoms. The van der Waals surface area contributed by atoms with Gasteiger partial charge in [0.15, 0.2) is 0 Å². The largest absolute Gasteiger partial charge is 0.489 e. The van der Waals surface area contributed by atoms with Crippen LogP contribution in [0.15, 0.2) is 40.1 Å². The Morgan fingerprint density at radius 2 is 1.79 bits per heavy atom. The number of anilines is 1. The van der Waals surface area contributed by atoms with Crippen molar-refractivity contribution < 1.29 is 9.13 Å². The fourth-order valence-electron chi connectivity index (χ4n) is 3.47. The van der Waals surface area contributed by atoms with E-state index in [1.807, 2.05) is 24.3 Å². The van der Waals surface area contributed by atoms with Gasteiger partial charge in [0.25, 0.3) is 5.56 Å². The molecule has 1 fully saturated rings. The van der Waals surface area contributed by atoms with Gasteiger partial charge in [0.05, 0.1) is 5.69 Å². The van der Waals surface area contributed by atoms with Gasteiger partial charge in [-0.3, -0.25) is 14.3 Å². The molecule has 29 heavy (non-hydrogen) atoms. The predicted molar refractivity (Wildman–Crippen MR) is 110 cm³/mol. The highest BCUT2D eigenvalue weighted by molar-refractivity contribution is 5.58. The van der Waals surface area contributed by atoms with Crippen molar-refractivity contribution in [3.63, 3.8) is 0 Å². The van der Waals surface area contributed by atoms with Crippen LogP contribution in [0.3, 0.4) is 0 Å². The van der Waals surface area contributed by atoms with E-state index in [-0.39, 0.29) is 17.9 Å². The average molecular weight is 404 g/mol. The number of halogens is 1. The van der Waals surface area contributed by atoms with Crippen molar-refractivity contribution in [3.05, 3.63) is 51.3 Å². The first kappa shape index (κ1) is 21.0. The molecule has 1 aliphatic heterocycles. The summed E-state index contributed by atoms with van der Waals surface area (Å²) < 4.78 is 20.4. The van der Waals surface area contributed by atoms with Crippen LogP contribution in [0.2, 0.25) is 0 Å². The van der Waals surface area contributed by atoms with Crippen LogP contribution in [-0.2, 0) is 13.6 Å². The number of para-hydroxylation sites is 2. The number of aryl methyl sites for hydroxylation is 1. The molecule has 0 radical (unpaired) electrons. The summed E-state index contributed by atoms with van der Waals surface area (Å²) in [6.07, 6.45) is 2.95. The van der Waals surface area contributed by atoms with Gasteiger partial charge in [-0.1, -0.05) is 12.1 Å². The Labute approximate surface area is 169 Å². The first-order valence-electron chi connectivity index (χ1n) is 9.98. The number of hydrogen-bond donors (Lipinski definition) is 0. The molecular formula is C20H28FN5O3. The second kappa shape index (κ2) is 10.2. The standard InChI is InChI=1S/C20H28FN5O3/c1-23-19(27)16-22-26(20(23)28)10-5-4-9-24-11-13-25(14-12-24)17-6-2-3-7-18(17)29-15-8-21/h2-3,6-7,16H,4-5,8-15H2,1H3/i21-1. The van der Waals surface area contributed by atoms with Crippen molar-refractivity contribution in [1.82, 2.24) is 19.2 Å². The number of piperazine rings is 1. The summed E-state index contributed by atoms with van der Waals surface area (Å²) in [6.45, 7) is 4.69. The Morgan fingerprint density at radius 3 is 2.55 bits per heavy atom. The molecule has 1 aromatic carbocycles. The van der Waals surface area contributed by atoms with E-state index in [0.717, 1.165) is 61.6 Å². The lowest BCUT2D eigenvalue weighted by molar-refractivity contribution is 0.247. The van der Waals surface area contributed by atoms with E-state index in [1.165, 1.54) is 17.9 Å². The molecular weight excluding hydrogens is 376 g/mol. The number of unbranched alkanes of at least 4 members (excludes halogenated alkanes) is 1. The molecule has 1 aromatic heterocycles. The quantitative estimate of drug-likeness (QED) is 0.578. The minimum atomic E-state index is -0.497. The van der Waals surface area contributed by atoms with Gasteiger partial charge in [-0.15, -0.1) is 0 Å². The van der Waals surface area contributed by atoms with Gasteiger partial charge >= 0.3 is 5.69 Å². The van der Waals surface area contributed by atoms with Crippen LogP contribution in [0.5, 0.6) is 5.75 Å². The molecule has 0 atom stereocenters. The Hall–Kier alpha value is -2.68. The maximum atomic E-state index is 12.4. The molecule has 0 N–H and O–H groups in total. The van der Waals surface area contributed by atoms with Crippen LogP contribution in [0.4, 0.5) is 10.1 Å². The highest BCUT2D eigenvalue weighted by Crippen LogP contribution is 2.28. The van der Waals surface area contributed by atoms with Crippen molar-refractivity contribution in [1.29, 1.82) is 0 Å². The lowest BCUT2D eigenvalue weighted by Crippen LogP contribution is -2.46. The van der Waals surface area contributed by atoms with Crippen molar-refractivity contribution in [3.8, 4) is 5.75 Å². The van der Waals surface area contributed by atoms with E-state index in [2.05, 4.69) is 14.9 Å². The van der Waals surface area contributed by atoms with Gasteiger partial charge < -0.3 is 9.64 Å². The third-order valence-corrected chi connectivity index (χ3v) is 5.15. The molecule has 1 saturated heterocycles. The second-order valence-corrected chi connectivity index (χ2v) is 7.09. The van der Waals surface area contributed by atoms with Crippen molar-refractivity contribution in [2.75, 3.05) is 50.9 Å². The molecule has 0 aliphatic carbocycles. The van der Waals surface area contributed by atoms with Gasteiger partial charge in [-0.25, -0.2) is 13.9 Å². The normalized spacial score (nSPS) is 14.9. The van der Waals surface area contributed by atoms with E-state index >= 15 is 0 Å². The molecule has 3 rings (SSSR count). The molecule has 8 nitrogen and oxygen atoms in total. The van der Waals surface area contributed by atoms with E-state index in [0.29, 0.717) is 6.54 Å². The fraction of sp³-hybridized carbons (Fsp3) is 0.550. The molecule has 2 heterocycles. The smallest absolute Gasteiger partial charge is 0.347 e. The number of ether oxygens (including phenoxy) is 1. The lowest BCUT2D eigenvalue weighted by Gasteiger charge is -2.36. The van der Waals surface area contributed by atoms with Crippen LogP contribution in [0, 0.1) is 0 Å². The summed E-state index contributed by atoms with van der Waals surface area (Å²) in [4.78, 5) is 28.0. The van der Waals surface area contributed by atoms with Crippen LogP contribution in [-0.4, -0.2) is 65.3 Å². The zero-order valence-corrected chi connectivity index (χ0v) is 16.8. The van der Waals surface area contributed by atoms with Gasteiger partial charge in [-0.2, -0.15) is 5.10 Å². The molecule has 158 valence electrons. The van der Waals surface area contributed by atoms with Crippen molar-refractivity contribution in [2.45, 2.75) is 19.4 Å². The topological polar surface area (TPSA) is 72.6 Å². The monoisotopic (exact) mass is 404 g/mol. The molecule has 0 saturated carbocycles. The number of aromatic nitrogens is 3. The lowest BCUT2D eigenvalue weighted by atomic mass is 10.2. The first-order valence-corrected chi connectivity index (χ1v) is 9.98. The van der Waals surface area contributed by atoms with Crippen molar-refractivity contribution in [2.24, 2.45) is 7.05 Å². The SMILES string of the molecule is Cn1c(=O)cnn(CCCCN2CCN(c3ccccc3OCC[18F])CC2)c1=O. The second-order valence-electron chi connectivity index (χ2n) is 7.09. The van der Waals surface area contributed by atoms with E-state index < -0.39 is 6.67 Å². The summed E-state index contributed by atoms with van der Waals surface area (Å²) in [7, 11) is 1.46. The van der Waals surface area contributed by atoms with Crippen LogP contribution in [0.25, 0.3) is 0 Å². The Kier molecular flexibility index (Phi) is 7.40. The summed E-state index contributed by atoms with van der Waals surface area (Å²) in [6, 6.07) is 7.77. The average Bonchev–Trinajstić information content (AvgIpc) is 2.75. The molecule has 0 amide bonds. The summed E-state index contributed by atoms with van der Waals surface area (Å²) in [5.41, 5.74) is 0.251. The highest BCUT2D eigenvalue weighted by atomic mass is 18.2. The zero-order chi connectivity index (χ0) is 20.6. The minimum absolute atomic E-state index is 0.0739. The van der Waals surface area contributed by atoms with E-state index in [9.17, 15) is 14.0 Å². The Bertz CT molecular complexity index is 905. The predicted octanol–water partition coefficient (Wildman–Crippen LogP) is 0.893. The van der Waals surface area contributed by atoms with Gasteiger partial charge in [0.1, 0.15) is 25.2 Å². The highest BCUT2D eigenvalue weighted by Gasteiger charge is 2.19. The third-order valence-electron chi connectivity index (χ3n) is 5.15. The fourth-order valence-corrected chi connectivity index (χ4v) is 3.47. The van der Waals surface area contributed by atoms with Gasteiger partial charge in [-0.05, 0) is 31.5 Å². The number of hydrogen-bond acceptors (Lipinski definition) is 6. The third kappa shape index (κ3) is 5.44. The number of rotatable bonds is 9. The zero-order valence-electron chi connectivity index (χ0n) is 16.8. The molecule has 0 spiro atoms. The van der Waals surface area contributed by atoms with Gasteiger partial charge in [0.2, 0.25) is 0 Å². The maximum absolute atomic E-state index is 12.4. The molecule has 1 aliphatic rings. The van der Waals surface area contributed by atoms with Crippen LogP contribution >= 0.6 is 0 Å². The van der Waals surface area contributed by atoms with E-state index in [4.69, 9.17) is 4.74 Å².